The van der Waals surface area contributed by atoms with Crippen LogP contribution in [0.15, 0.2) is 46.8 Å². The summed E-state index contributed by atoms with van der Waals surface area (Å²) in [6.07, 6.45) is 1.89. The number of esters is 1. The smallest absolute Gasteiger partial charge is 0.337 e. The molecule has 1 aromatic rings. The number of amides is 1. The lowest BCUT2D eigenvalue weighted by Gasteiger charge is -2.43. The van der Waals surface area contributed by atoms with Gasteiger partial charge in [0.25, 0.3) is 5.91 Å². The summed E-state index contributed by atoms with van der Waals surface area (Å²) in [7, 11) is 1.29. The van der Waals surface area contributed by atoms with Crippen LogP contribution in [0.25, 0.3) is 0 Å². The zero-order chi connectivity index (χ0) is 20.5. The number of hydrogen-bond acceptors (Lipinski definition) is 6. The fourth-order valence-electron chi connectivity index (χ4n) is 4.45. The number of carbonyl (C=O) groups excluding carboxylic acids is 3. The molecule has 1 saturated heterocycles. The summed E-state index contributed by atoms with van der Waals surface area (Å²) in [5.74, 6) is -0.795. The van der Waals surface area contributed by atoms with E-state index in [1.807, 2.05) is 36.1 Å². The van der Waals surface area contributed by atoms with Crippen LogP contribution in [0.4, 0.5) is 0 Å². The van der Waals surface area contributed by atoms with Gasteiger partial charge in [-0.1, -0.05) is 12.1 Å². The van der Waals surface area contributed by atoms with Crippen molar-refractivity contribution < 1.29 is 23.9 Å². The van der Waals surface area contributed by atoms with E-state index in [-0.39, 0.29) is 17.3 Å². The predicted octanol–water partition coefficient (Wildman–Crippen LogP) is 2.05. The van der Waals surface area contributed by atoms with Gasteiger partial charge in [0.05, 0.1) is 19.3 Å². The third kappa shape index (κ3) is 3.20. The fourth-order valence-corrected chi connectivity index (χ4v) is 4.45. The lowest BCUT2D eigenvalue weighted by atomic mass is 9.74. The predicted molar refractivity (Wildman–Crippen MR) is 105 cm³/mol. The van der Waals surface area contributed by atoms with E-state index < -0.39 is 11.9 Å². The monoisotopic (exact) mass is 396 g/mol. The highest BCUT2D eigenvalue weighted by atomic mass is 16.5. The molecule has 0 aromatic heterocycles. The summed E-state index contributed by atoms with van der Waals surface area (Å²) in [6, 6.07) is 7.34. The topological polar surface area (TPSA) is 84.9 Å². The first-order chi connectivity index (χ1) is 14.1. The van der Waals surface area contributed by atoms with Crippen molar-refractivity contribution in [2.24, 2.45) is 0 Å². The normalized spacial score (nSPS) is 21.4. The molecule has 3 aliphatic rings. The molecular weight excluding hydrogens is 372 g/mol. The van der Waals surface area contributed by atoms with Crippen LogP contribution < -0.4 is 10.1 Å². The number of hydrogen-bond donors (Lipinski definition) is 1. The molecule has 0 bridgehead atoms. The first-order valence-corrected chi connectivity index (χ1v) is 9.94. The standard InChI is InChI=1S/C22H24N2O5/c1-3-29-14-9-7-13(8-10-14)17-18-15(5-4-6-16(18)25)24-12-11-23-21(26)20(24)19(17)22(27)28-2/h7-10,17H,3-6,11-12H2,1-2H3,(H,23,26)/t17-/m1/s1. The maximum absolute atomic E-state index is 13.0. The van der Waals surface area contributed by atoms with Crippen molar-refractivity contribution in [3.63, 3.8) is 0 Å². The Bertz CT molecular complexity index is 929. The summed E-state index contributed by atoms with van der Waals surface area (Å²) in [5, 5.41) is 2.82. The van der Waals surface area contributed by atoms with Gasteiger partial charge in [0.15, 0.2) is 5.78 Å². The number of rotatable bonds is 4. The highest BCUT2D eigenvalue weighted by Gasteiger charge is 2.45. The average Bonchev–Trinajstić information content (AvgIpc) is 2.74. The summed E-state index contributed by atoms with van der Waals surface area (Å²) < 4.78 is 10.6. The van der Waals surface area contributed by atoms with Crippen molar-refractivity contribution in [2.45, 2.75) is 32.1 Å². The molecule has 2 aliphatic heterocycles. The van der Waals surface area contributed by atoms with Crippen molar-refractivity contribution in [1.82, 2.24) is 10.2 Å². The Hall–Kier alpha value is -3.09. The molecule has 0 saturated carbocycles. The number of piperazine rings is 1. The second-order valence-electron chi connectivity index (χ2n) is 7.23. The number of fused-ring (bicyclic) bond motifs is 2. The zero-order valence-corrected chi connectivity index (χ0v) is 16.6. The van der Waals surface area contributed by atoms with Crippen molar-refractivity contribution >= 4 is 17.7 Å². The van der Waals surface area contributed by atoms with Gasteiger partial charge >= 0.3 is 5.97 Å². The molecule has 29 heavy (non-hydrogen) atoms. The van der Waals surface area contributed by atoms with Gasteiger partial charge in [0.1, 0.15) is 11.4 Å². The zero-order valence-electron chi connectivity index (χ0n) is 16.6. The van der Waals surface area contributed by atoms with Crippen LogP contribution in [0.1, 0.15) is 37.7 Å². The number of methoxy groups -OCH3 is 1. The first-order valence-electron chi connectivity index (χ1n) is 9.94. The molecule has 0 spiro atoms. The van der Waals surface area contributed by atoms with E-state index in [1.165, 1.54) is 7.11 Å². The minimum Gasteiger partial charge on any atom is -0.494 e. The minimum atomic E-state index is -0.629. The molecule has 1 fully saturated rings. The highest BCUT2D eigenvalue weighted by Crippen LogP contribution is 2.46. The van der Waals surface area contributed by atoms with Crippen LogP contribution in [0.5, 0.6) is 5.75 Å². The molecule has 1 atom stereocenters. The molecule has 152 valence electrons. The molecule has 1 aromatic carbocycles. The van der Waals surface area contributed by atoms with E-state index in [2.05, 4.69) is 5.32 Å². The Morgan fingerprint density at radius 3 is 2.66 bits per heavy atom. The van der Waals surface area contributed by atoms with Gasteiger partial charge in [-0.2, -0.15) is 0 Å². The van der Waals surface area contributed by atoms with E-state index in [9.17, 15) is 14.4 Å². The third-order valence-electron chi connectivity index (χ3n) is 5.62. The van der Waals surface area contributed by atoms with Crippen molar-refractivity contribution in [3.8, 4) is 5.75 Å². The Labute approximate surface area is 169 Å². The van der Waals surface area contributed by atoms with Crippen LogP contribution in [0.3, 0.4) is 0 Å². The maximum atomic E-state index is 13.0. The van der Waals surface area contributed by atoms with Gasteiger partial charge in [0.2, 0.25) is 0 Å². The lowest BCUT2D eigenvalue weighted by Crippen LogP contribution is -2.50. The largest absolute Gasteiger partial charge is 0.494 e. The van der Waals surface area contributed by atoms with Crippen LogP contribution in [0.2, 0.25) is 0 Å². The summed E-state index contributed by atoms with van der Waals surface area (Å²) >= 11 is 0. The van der Waals surface area contributed by atoms with Gasteiger partial charge in [-0.15, -0.1) is 0 Å². The molecule has 7 heteroatoms. The third-order valence-corrected chi connectivity index (χ3v) is 5.62. The molecule has 2 heterocycles. The van der Waals surface area contributed by atoms with E-state index in [0.29, 0.717) is 49.6 Å². The van der Waals surface area contributed by atoms with Gasteiger partial charge in [-0.25, -0.2) is 4.79 Å². The Morgan fingerprint density at radius 2 is 1.97 bits per heavy atom. The van der Waals surface area contributed by atoms with E-state index in [1.54, 1.807) is 0 Å². The maximum Gasteiger partial charge on any atom is 0.337 e. The van der Waals surface area contributed by atoms with Gasteiger partial charge in [-0.05, 0) is 37.5 Å². The van der Waals surface area contributed by atoms with E-state index >= 15 is 0 Å². The van der Waals surface area contributed by atoms with Crippen molar-refractivity contribution in [1.29, 1.82) is 0 Å². The van der Waals surface area contributed by atoms with E-state index in [0.717, 1.165) is 17.7 Å². The molecule has 1 aliphatic carbocycles. The summed E-state index contributed by atoms with van der Waals surface area (Å²) in [6.45, 7) is 3.45. The first kappa shape index (κ1) is 19.2. The number of Topliss-reactive ketones (excluding diaryl/α,β-unsaturated/α-hetero) is 1. The van der Waals surface area contributed by atoms with Gasteiger partial charge in [0, 0.05) is 36.7 Å². The van der Waals surface area contributed by atoms with Gasteiger partial charge < -0.3 is 19.7 Å². The fraction of sp³-hybridized carbons (Fsp3) is 0.409. The number of carbonyl (C=O) groups is 3. The molecule has 0 radical (unpaired) electrons. The molecular formula is C22H24N2O5. The molecule has 1 amide bonds. The number of nitrogens with zero attached hydrogens (tertiary/aromatic N) is 1. The van der Waals surface area contributed by atoms with Crippen LogP contribution >= 0.6 is 0 Å². The second-order valence-corrected chi connectivity index (χ2v) is 7.23. The van der Waals surface area contributed by atoms with Crippen LogP contribution in [-0.4, -0.2) is 49.4 Å². The van der Waals surface area contributed by atoms with Crippen LogP contribution in [-0.2, 0) is 19.1 Å². The van der Waals surface area contributed by atoms with Gasteiger partial charge in [-0.3, -0.25) is 9.59 Å². The molecule has 7 nitrogen and oxygen atoms in total. The molecule has 1 N–H and O–H groups in total. The quantitative estimate of drug-likeness (QED) is 0.784. The highest BCUT2D eigenvalue weighted by molar-refractivity contribution is 6.09. The SMILES string of the molecule is CCOc1ccc([C@@H]2C3=C(CCCC3=O)N3CCNC(=O)C3=C2C(=O)OC)cc1. The Morgan fingerprint density at radius 1 is 1.21 bits per heavy atom. The average molecular weight is 396 g/mol. The van der Waals surface area contributed by atoms with Crippen molar-refractivity contribution in [2.75, 3.05) is 26.8 Å². The second kappa shape index (κ2) is 7.73. The number of ether oxygens (including phenoxy) is 2. The molecule has 0 unspecified atom stereocenters. The summed E-state index contributed by atoms with van der Waals surface area (Å²) in [5.41, 5.74) is 2.76. The van der Waals surface area contributed by atoms with Crippen LogP contribution in [0, 0.1) is 0 Å². The van der Waals surface area contributed by atoms with E-state index in [4.69, 9.17) is 9.47 Å². The number of ketones is 1. The number of nitrogens with one attached hydrogen (secondary N) is 1. The number of benzene rings is 1. The Balaban J connectivity index is 1.93. The number of allylic oxidation sites excluding steroid dienone is 2. The lowest BCUT2D eigenvalue weighted by molar-refractivity contribution is -0.137. The summed E-state index contributed by atoms with van der Waals surface area (Å²) in [4.78, 5) is 40.5. The molecule has 4 rings (SSSR count). The minimum absolute atomic E-state index is 0.0246. The van der Waals surface area contributed by atoms with Crippen molar-refractivity contribution in [3.05, 3.63) is 52.4 Å². The Kier molecular flexibility index (Phi) is 5.13.